The largest absolute Gasteiger partial charge is 0.479 e. The van der Waals surface area contributed by atoms with Crippen molar-refractivity contribution in [2.24, 2.45) is 0 Å². The molecule has 1 aliphatic carbocycles. The summed E-state index contributed by atoms with van der Waals surface area (Å²) in [5, 5.41) is 29.8. The summed E-state index contributed by atoms with van der Waals surface area (Å²) in [6.07, 6.45) is 0.231. The van der Waals surface area contributed by atoms with Gasteiger partial charge in [0.25, 0.3) is 11.4 Å². The molecule has 1 N–H and O–H groups in total. The molecule has 1 fully saturated rings. The summed E-state index contributed by atoms with van der Waals surface area (Å²) in [4.78, 5) is 30.0. The van der Waals surface area contributed by atoms with E-state index in [0.29, 0.717) is 6.08 Å². The topological polar surface area (TPSA) is 136 Å². The molecule has 16 heavy (non-hydrogen) atoms. The van der Waals surface area contributed by atoms with Crippen LogP contribution in [0.4, 0.5) is 0 Å². The molecule has 2 atom stereocenters. The Morgan fingerprint density at radius 2 is 2.06 bits per heavy atom. The number of fused-ring (bicyclic) bond motifs is 1. The number of hydrogen-bond acceptors (Lipinski definition) is 6. The van der Waals surface area contributed by atoms with Crippen LogP contribution in [-0.4, -0.2) is 32.6 Å². The van der Waals surface area contributed by atoms with E-state index in [1.807, 2.05) is 0 Å². The van der Waals surface area contributed by atoms with Crippen LogP contribution >= 0.6 is 0 Å². The van der Waals surface area contributed by atoms with E-state index in [1.54, 1.807) is 0 Å². The normalized spacial score (nSPS) is 30.9. The Morgan fingerprint density at radius 3 is 2.50 bits per heavy atom. The van der Waals surface area contributed by atoms with Crippen LogP contribution in [0.1, 0.15) is 0 Å². The van der Waals surface area contributed by atoms with Crippen LogP contribution in [0.15, 0.2) is 23.5 Å². The molecule has 84 valence electrons. The molecule has 0 spiro atoms. The van der Waals surface area contributed by atoms with Gasteiger partial charge < -0.3 is 9.84 Å². The first-order valence-electron chi connectivity index (χ1n) is 4.03. The Labute approximate surface area is 86.9 Å². The number of hydrogen-bond donors (Lipinski definition) is 1. The molecule has 0 aromatic carbocycles. The zero-order valence-corrected chi connectivity index (χ0v) is 7.52. The van der Waals surface area contributed by atoms with Crippen molar-refractivity contribution in [1.82, 2.24) is 0 Å². The molecular formula is C7H4N2O7. The number of carboxylic acid groups (broad SMARTS) is 1. The second kappa shape index (κ2) is 2.85. The molecular weight excluding hydrogens is 224 g/mol. The Morgan fingerprint density at radius 1 is 1.44 bits per heavy atom. The first-order valence-corrected chi connectivity index (χ1v) is 4.03. The molecule has 0 aromatic heterocycles. The molecule has 2 rings (SSSR count). The number of aliphatic carboxylic acids is 1. The van der Waals surface area contributed by atoms with Crippen molar-refractivity contribution in [2.75, 3.05) is 0 Å². The van der Waals surface area contributed by atoms with Gasteiger partial charge in [-0.2, -0.15) is 0 Å². The van der Waals surface area contributed by atoms with Crippen molar-refractivity contribution >= 4 is 5.97 Å². The van der Waals surface area contributed by atoms with Crippen molar-refractivity contribution in [1.29, 1.82) is 0 Å². The highest BCUT2D eigenvalue weighted by Gasteiger charge is 2.70. The molecule has 2 unspecified atom stereocenters. The fourth-order valence-corrected chi connectivity index (χ4v) is 1.52. The average molecular weight is 228 g/mol. The second-order valence-electron chi connectivity index (χ2n) is 3.25. The number of ether oxygens (including phenoxy) is 1. The fourth-order valence-electron chi connectivity index (χ4n) is 1.52. The lowest BCUT2D eigenvalue weighted by Gasteiger charge is -2.04. The Balaban J connectivity index is 2.48. The quantitative estimate of drug-likeness (QED) is 0.392. The van der Waals surface area contributed by atoms with Crippen molar-refractivity contribution in [2.45, 2.75) is 11.7 Å². The van der Waals surface area contributed by atoms with Crippen LogP contribution in [0.2, 0.25) is 0 Å². The van der Waals surface area contributed by atoms with Gasteiger partial charge in [0.2, 0.25) is 5.60 Å². The second-order valence-corrected chi connectivity index (χ2v) is 3.25. The molecule has 0 bridgehead atoms. The fraction of sp³-hybridized carbons (Fsp3) is 0.286. The van der Waals surface area contributed by atoms with Gasteiger partial charge in [0.15, 0.2) is 6.10 Å². The van der Waals surface area contributed by atoms with Gasteiger partial charge in [-0.25, -0.2) is 4.79 Å². The Bertz CT molecular complexity index is 479. The first-order chi connectivity index (χ1) is 7.38. The van der Waals surface area contributed by atoms with Crippen LogP contribution in [0.25, 0.3) is 0 Å². The summed E-state index contributed by atoms with van der Waals surface area (Å²) >= 11 is 0. The molecule has 1 heterocycles. The van der Waals surface area contributed by atoms with E-state index in [0.717, 1.165) is 6.08 Å². The van der Waals surface area contributed by atoms with Gasteiger partial charge >= 0.3 is 5.97 Å². The molecule has 2 aliphatic rings. The summed E-state index contributed by atoms with van der Waals surface area (Å²) in [5.74, 6) is -1.48. The molecule has 0 aromatic rings. The van der Waals surface area contributed by atoms with Crippen LogP contribution in [0, 0.1) is 20.2 Å². The van der Waals surface area contributed by atoms with Crippen molar-refractivity contribution in [3.8, 4) is 0 Å². The minimum absolute atomic E-state index is 0.614. The van der Waals surface area contributed by atoms with E-state index >= 15 is 0 Å². The van der Waals surface area contributed by atoms with E-state index in [1.165, 1.54) is 0 Å². The van der Waals surface area contributed by atoms with Crippen molar-refractivity contribution in [3.63, 3.8) is 0 Å². The van der Waals surface area contributed by atoms with Gasteiger partial charge in [0.05, 0.1) is 15.9 Å². The summed E-state index contributed by atoms with van der Waals surface area (Å²) in [6.45, 7) is 0. The van der Waals surface area contributed by atoms with E-state index in [9.17, 15) is 25.0 Å². The van der Waals surface area contributed by atoms with E-state index in [4.69, 9.17) is 9.84 Å². The zero-order valence-electron chi connectivity index (χ0n) is 7.52. The highest BCUT2D eigenvalue weighted by atomic mass is 16.7. The minimum atomic E-state index is -1.94. The summed E-state index contributed by atoms with van der Waals surface area (Å²) in [6, 6.07) is 0. The summed E-state index contributed by atoms with van der Waals surface area (Å²) in [7, 11) is 0. The van der Waals surface area contributed by atoms with Gasteiger partial charge in [-0.1, -0.05) is 0 Å². The first kappa shape index (κ1) is 10.2. The smallest absolute Gasteiger partial charge is 0.343 e. The third-order valence-corrected chi connectivity index (χ3v) is 2.33. The molecule has 9 heteroatoms. The Kier molecular flexibility index (Phi) is 1.83. The third kappa shape index (κ3) is 1.18. The van der Waals surface area contributed by atoms with E-state index in [-0.39, 0.29) is 0 Å². The summed E-state index contributed by atoms with van der Waals surface area (Å²) < 4.78 is 4.69. The molecule has 0 amide bonds. The van der Waals surface area contributed by atoms with Crippen molar-refractivity contribution in [3.05, 3.63) is 43.8 Å². The Hall–Kier alpha value is -2.29. The number of nitrogens with zero attached hydrogens (tertiary/aromatic N) is 2. The number of allylic oxidation sites excluding steroid dienone is 1. The van der Waals surface area contributed by atoms with Crippen LogP contribution in [-0.2, 0) is 9.53 Å². The standard InChI is InChI=1S/C7H4N2O7/c10-6(11)7-2-3(8(12)13)1-4(9(14)15)5(7)16-7/h1-2,5H,(H,10,11). The monoisotopic (exact) mass is 228 g/mol. The van der Waals surface area contributed by atoms with Crippen LogP contribution < -0.4 is 0 Å². The predicted octanol–water partition coefficient (Wildman–Crippen LogP) is -0.457. The number of nitro groups is 2. The lowest BCUT2D eigenvalue weighted by Crippen LogP contribution is -2.30. The third-order valence-electron chi connectivity index (χ3n) is 2.33. The number of carboxylic acids is 1. The van der Waals surface area contributed by atoms with Gasteiger partial charge in [0.1, 0.15) is 0 Å². The van der Waals surface area contributed by atoms with E-state index in [2.05, 4.69) is 0 Å². The van der Waals surface area contributed by atoms with Gasteiger partial charge in [0, 0.05) is 6.08 Å². The van der Waals surface area contributed by atoms with Crippen LogP contribution in [0.5, 0.6) is 0 Å². The molecule has 9 nitrogen and oxygen atoms in total. The van der Waals surface area contributed by atoms with Crippen LogP contribution in [0.3, 0.4) is 0 Å². The predicted molar refractivity (Wildman–Crippen MR) is 45.4 cm³/mol. The van der Waals surface area contributed by atoms with E-state index < -0.39 is 38.9 Å². The lowest BCUT2D eigenvalue weighted by atomic mass is 9.97. The maximum atomic E-state index is 10.8. The van der Waals surface area contributed by atoms with Gasteiger partial charge in [-0.3, -0.25) is 20.2 Å². The van der Waals surface area contributed by atoms with Crippen molar-refractivity contribution < 1.29 is 24.5 Å². The molecule has 1 aliphatic heterocycles. The molecule has 0 radical (unpaired) electrons. The molecule has 0 saturated carbocycles. The highest BCUT2D eigenvalue weighted by molar-refractivity contribution is 5.86. The maximum absolute atomic E-state index is 10.8. The number of carbonyl (C=O) groups is 1. The maximum Gasteiger partial charge on any atom is 0.343 e. The lowest BCUT2D eigenvalue weighted by molar-refractivity contribution is -0.438. The number of rotatable bonds is 3. The molecule has 1 saturated heterocycles. The van der Waals surface area contributed by atoms with Gasteiger partial charge in [-0.05, 0) is 0 Å². The minimum Gasteiger partial charge on any atom is -0.479 e. The van der Waals surface area contributed by atoms with Gasteiger partial charge in [-0.15, -0.1) is 0 Å². The average Bonchev–Trinajstić information content (AvgIpc) is 2.90. The SMILES string of the molecule is O=C(O)C12C=C([N+](=O)[O-])C=C([N+](=O)[O-])C1O2. The zero-order chi connectivity index (χ0) is 12.1. The summed E-state index contributed by atoms with van der Waals surface area (Å²) in [5.41, 5.74) is -3.21. The highest BCUT2D eigenvalue weighted by Crippen LogP contribution is 2.46. The number of epoxide rings is 1.